The van der Waals surface area contributed by atoms with Gasteiger partial charge < -0.3 is 5.32 Å². The Morgan fingerprint density at radius 1 is 1.17 bits per heavy atom. The van der Waals surface area contributed by atoms with E-state index in [0.717, 1.165) is 6.54 Å². The van der Waals surface area contributed by atoms with Crippen LogP contribution in [0.4, 0.5) is 0 Å². The molecule has 1 N–H and O–H groups in total. The van der Waals surface area contributed by atoms with Crippen molar-refractivity contribution in [1.29, 1.82) is 0 Å². The molecule has 0 amide bonds. The van der Waals surface area contributed by atoms with Gasteiger partial charge in [0.05, 0.1) is 0 Å². The highest BCUT2D eigenvalue weighted by Gasteiger charge is 2.12. The minimum atomic E-state index is 0.504. The van der Waals surface area contributed by atoms with Crippen molar-refractivity contribution in [3.8, 4) is 0 Å². The van der Waals surface area contributed by atoms with Crippen LogP contribution in [0.1, 0.15) is 63.1 Å². The number of aryl methyl sites for hydroxylation is 1. The lowest BCUT2D eigenvalue weighted by Gasteiger charge is -2.20. The van der Waals surface area contributed by atoms with Crippen LogP contribution < -0.4 is 5.32 Å². The maximum Gasteiger partial charge on any atom is 0.0323 e. The molecule has 0 heterocycles. The van der Waals surface area contributed by atoms with Crippen molar-refractivity contribution in [3.05, 3.63) is 33.8 Å². The van der Waals surface area contributed by atoms with Gasteiger partial charge in [-0.3, -0.25) is 0 Å². The third-order valence-corrected chi connectivity index (χ3v) is 3.91. The molecule has 0 aliphatic heterocycles. The molecule has 102 valence electrons. The molecule has 0 bridgehead atoms. The van der Waals surface area contributed by atoms with Gasteiger partial charge in [0.2, 0.25) is 0 Å². The zero-order valence-corrected chi connectivity index (χ0v) is 13.5. The summed E-state index contributed by atoms with van der Waals surface area (Å²) in [4.78, 5) is 0. The molecule has 1 rings (SSSR count). The predicted octanol–water partition coefficient (Wildman–Crippen LogP) is 5.38. The zero-order valence-electron chi connectivity index (χ0n) is 11.9. The Kier molecular flexibility index (Phi) is 7.60. The Labute approximate surface area is 120 Å². The van der Waals surface area contributed by atoms with Crippen molar-refractivity contribution in [1.82, 2.24) is 5.32 Å². The molecule has 1 atom stereocenters. The van der Waals surface area contributed by atoms with Crippen molar-refractivity contribution >= 4 is 15.9 Å². The molecule has 0 spiro atoms. The van der Waals surface area contributed by atoms with Gasteiger partial charge in [-0.1, -0.05) is 61.5 Å². The fourth-order valence-electron chi connectivity index (χ4n) is 2.38. The smallest absolute Gasteiger partial charge is 0.0323 e. The highest BCUT2D eigenvalue weighted by atomic mass is 79.9. The highest BCUT2D eigenvalue weighted by Crippen LogP contribution is 2.26. The van der Waals surface area contributed by atoms with E-state index in [1.807, 2.05) is 0 Å². The second kappa shape index (κ2) is 8.71. The van der Waals surface area contributed by atoms with E-state index >= 15 is 0 Å². The van der Waals surface area contributed by atoms with Gasteiger partial charge in [-0.05, 0) is 43.1 Å². The van der Waals surface area contributed by atoms with Crippen LogP contribution in [0.25, 0.3) is 0 Å². The van der Waals surface area contributed by atoms with Gasteiger partial charge in [0.25, 0.3) is 0 Å². The number of halogens is 1. The monoisotopic (exact) mass is 311 g/mol. The molecule has 0 saturated heterocycles. The first-order valence-corrected chi connectivity index (χ1v) is 7.97. The Hall–Kier alpha value is -0.340. The van der Waals surface area contributed by atoms with Gasteiger partial charge in [-0.15, -0.1) is 0 Å². The summed E-state index contributed by atoms with van der Waals surface area (Å²) >= 11 is 3.58. The Morgan fingerprint density at radius 3 is 2.61 bits per heavy atom. The molecule has 1 nitrogen and oxygen atoms in total. The topological polar surface area (TPSA) is 12.0 Å². The van der Waals surface area contributed by atoms with Crippen molar-refractivity contribution in [2.75, 3.05) is 6.54 Å². The summed E-state index contributed by atoms with van der Waals surface area (Å²) in [7, 11) is 0. The number of nitrogens with one attached hydrogen (secondary N) is 1. The van der Waals surface area contributed by atoms with E-state index in [9.17, 15) is 0 Å². The average molecular weight is 312 g/mol. The zero-order chi connectivity index (χ0) is 13.4. The summed E-state index contributed by atoms with van der Waals surface area (Å²) in [6.07, 6.45) is 6.58. The Bertz CT molecular complexity index is 349. The van der Waals surface area contributed by atoms with Gasteiger partial charge in [-0.2, -0.15) is 0 Å². The summed E-state index contributed by atoms with van der Waals surface area (Å²) in [5.74, 6) is 0. The molecule has 0 aromatic heterocycles. The van der Waals surface area contributed by atoms with E-state index in [1.54, 1.807) is 0 Å². The van der Waals surface area contributed by atoms with Crippen molar-refractivity contribution < 1.29 is 0 Å². The molecular weight excluding hydrogens is 286 g/mol. The summed E-state index contributed by atoms with van der Waals surface area (Å²) in [6, 6.07) is 7.10. The van der Waals surface area contributed by atoms with Crippen LogP contribution in [0.2, 0.25) is 0 Å². The number of hydrogen-bond donors (Lipinski definition) is 1. The van der Waals surface area contributed by atoms with E-state index in [1.165, 1.54) is 47.7 Å². The van der Waals surface area contributed by atoms with E-state index in [4.69, 9.17) is 0 Å². The molecule has 1 aromatic rings. The van der Waals surface area contributed by atoms with E-state index < -0.39 is 0 Å². The lowest BCUT2D eigenvalue weighted by molar-refractivity contribution is 0.480. The van der Waals surface area contributed by atoms with Gasteiger partial charge in [0, 0.05) is 10.5 Å². The number of rotatable bonds is 8. The van der Waals surface area contributed by atoms with Crippen LogP contribution in [0.15, 0.2) is 22.7 Å². The van der Waals surface area contributed by atoms with Gasteiger partial charge >= 0.3 is 0 Å². The largest absolute Gasteiger partial charge is 0.310 e. The number of hydrogen-bond acceptors (Lipinski definition) is 1. The summed E-state index contributed by atoms with van der Waals surface area (Å²) in [5.41, 5.74) is 2.84. The van der Waals surface area contributed by atoms with Crippen LogP contribution in [0.5, 0.6) is 0 Å². The van der Waals surface area contributed by atoms with E-state index in [-0.39, 0.29) is 0 Å². The molecule has 0 fully saturated rings. The maximum absolute atomic E-state index is 3.62. The maximum atomic E-state index is 3.62. The second-order valence-electron chi connectivity index (χ2n) is 4.96. The third kappa shape index (κ3) is 5.11. The summed E-state index contributed by atoms with van der Waals surface area (Å²) in [5, 5.41) is 3.62. The summed E-state index contributed by atoms with van der Waals surface area (Å²) in [6.45, 7) is 7.69. The summed E-state index contributed by atoms with van der Waals surface area (Å²) < 4.78 is 1.18. The van der Waals surface area contributed by atoms with Crippen LogP contribution >= 0.6 is 15.9 Å². The molecule has 0 saturated carbocycles. The molecule has 1 aromatic carbocycles. The third-order valence-electron chi connectivity index (χ3n) is 3.41. The number of benzene rings is 1. The van der Waals surface area contributed by atoms with Gasteiger partial charge in [0.15, 0.2) is 0 Å². The van der Waals surface area contributed by atoms with Crippen LogP contribution in [0, 0.1) is 6.92 Å². The molecule has 0 radical (unpaired) electrons. The average Bonchev–Trinajstić information content (AvgIpc) is 2.36. The van der Waals surface area contributed by atoms with Crippen molar-refractivity contribution in [3.63, 3.8) is 0 Å². The van der Waals surface area contributed by atoms with Gasteiger partial charge in [-0.25, -0.2) is 0 Å². The second-order valence-corrected chi connectivity index (χ2v) is 5.88. The first kappa shape index (κ1) is 15.7. The molecular formula is C16H26BrN. The Balaban J connectivity index is 2.67. The first-order valence-electron chi connectivity index (χ1n) is 7.18. The standard InChI is InChI=1S/C16H26BrN/c1-4-6-7-8-9-16(18-5-2)15-12-14(17)11-10-13(15)3/h10-12,16,18H,4-9H2,1-3H3. The number of unbranched alkanes of at least 4 members (excludes halogenated alkanes) is 3. The van der Waals surface area contributed by atoms with E-state index in [0.29, 0.717) is 6.04 Å². The van der Waals surface area contributed by atoms with Crippen molar-refractivity contribution in [2.24, 2.45) is 0 Å². The Morgan fingerprint density at radius 2 is 1.94 bits per heavy atom. The first-order chi connectivity index (χ1) is 8.69. The quantitative estimate of drug-likeness (QED) is 0.636. The minimum absolute atomic E-state index is 0.504. The highest BCUT2D eigenvalue weighted by molar-refractivity contribution is 9.10. The molecule has 1 unspecified atom stereocenters. The van der Waals surface area contributed by atoms with Crippen LogP contribution in [-0.2, 0) is 0 Å². The fourth-order valence-corrected chi connectivity index (χ4v) is 2.75. The minimum Gasteiger partial charge on any atom is -0.310 e. The lowest BCUT2D eigenvalue weighted by Crippen LogP contribution is -2.21. The predicted molar refractivity (Wildman–Crippen MR) is 84.1 cm³/mol. The normalized spacial score (nSPS) is 12.7. The van der Waals surface area contributed by atoms with E-state index in [2.05, 4.69) is 60.2 Å². The van der Waals surface area contributed by atoms with Gasteiger partial charge in [0.1, 0.15) is 0 Å². The van der Waals surface area contributed by atoms with Crippen molar-refractivity contribution in [2.45, 2.75) is 58.9 Å². The molecule has 18 heavy (non-hydrogen) atoms. The lowest BCUT2D eigenvalue weighted by atomic mass is 9.96. The SMILES string of the molecule is CCCCCCC(NCC)c1cc(Br)ccc1C. The molecule has 2 heteroatoms. The fraction of sp³-hybridized carbons (Fsp3) is 0.625. The molecule has 0 aliphatic rings. The molecule has 0 aliphatic carbocycles. The van der Waals surface area contributed by atoms with Crippen LogP contribution in [0.3, 0.4) is 0 Å². The van der Waals surface area contributed by atoms with Crippen LogP contribution in [-0.4, -0.2) is 6.54 Å².